The van der Waals surface area contributed by atoms with E-state index in [9.17, 15) is 5.26 Å². The lowest BCUT2D eigenvalue weighted by Gasteiger charge is -2.37. The predicted molar refractivity (Wildman–Crippen MR) is 103 cm³/mol. The molecule has 26 heavy (non-hydrogen) atoms. The fourth-order valence-corrected chi connectivity index (χ4v) is 3.53. The molecule has 0 bridgehead atoms. The van der Waals surface area contributed by atoms with Crippen molar-refractivity contribution in [1.29, 1.82) is 5.26 Å². The van der Waals surface area contributed by atoms with Crippen molar-refractivity contribution in [2.45, 2.75) is 6.54 Å². The van der Waals surface area contributed by atoms with Crippen LogP contribution in [0.5, 0.6) is 0 Å². The van der Waals surface area contributed by atoms with Gasteiger partial charge in [-0.3, -0.25) is 9.88 Å². The van der Waals surface area contributed by atoms with E-state index in [0.717, 1.165) is 49.3 Å². The molecule has 0 radical (unpaired) electrons. The highest BCUT2D eigenvalue weighted by Crippen LogP contribution is 2.30. The largest absolute Gasteiger partial charge is 0.384 e. The summed E-state index contributed by atoms with van der Waals surface area (Å²) in [7, 11) is 0. The molecule has 6 heteroatoms. The van der Waals surface area contributed by atoms with Crippen LogP contribution in [0, 0.1) is 11.3 Å². The normalized spacial score (nSPS) is 15.1. The molecule has 0 unspecified atom stereocenters. The van der Waals surface area contributed by atoms with Crippen molar-refractivity contribution in [3.05, 3.63) is 59.9 Å². The van der Waals surface area contributed by atoms with Gasteiger partial charge in [-0.15, -0.1) is 0 Å². The smallest absolute Gasteiger partial charge is 0.123 e. The standard InChI is InChI=1S/C20H20N6/c21-12-16-13-24-18-4-2-1-3-17(18)20(16)26-9-7-25(8-10-26)14-15-5-6-23-19(22)11-15/h1-6,11,13H,7-10,14H2,(H2,22,23). The van der Waals surface area contributed by atoms with Crippen molar-refractivity contribution in [2.24, 2.45) is 0 Å². The van der Waals surface area contributed by atoms with E-state index in [1.807, 2.05) is 36.4 Å². The van der Waals surface area contributed by atoms with Crippen LogP contribution in [0.1, 0.15) is 11.1 Å². The second-order valence-corrected chi connectivity index (χ2v) is 6.50. The molecule has 0 saturated carbocycles. The Hall–Kier alpha value is -3.17. The molecule has 1 saturated heterocycles. The summed E-state index contributed by atoms with van der Waals surface area (Å²) in [4.78, 5) is 13.2. The quantitative estimate of drug-likeness (QED) is 0.786. The summed E-state index contributed by atoms with van der Waals surface area (Å²) in [5.41, 5.74) is 9.52. The van der Waals surface area contributed by atoms with Crippen molar-refractivity contribution in [3.8, 4) is 6.07 Å². The number of hydrogen-bond donors (Lipinski definition) is 1. The number of fused-ring (bicyclic) bond motifs is 1. The van der Waals surface area contributed by atoms with E-state index in [0.29, 0.717) is 11.4 Å². The number of nitrogen functional groups attached to an aromatic ring is 1. The number of aromatic nitrogens is 2. The lowest BCUT2D eigenvalue weighted by Crippen LogP contribution is -2.46. The predicted octanol–water partition coefficient (Wildman–Crippen LogP) is 2.41. The number of benzene rings is 1. The van der Waals surface area contributed by atoms with Crippen molar-refractivity contribution < 1.29 is 0 Å². The van der Waals surface area contributed by atoms with Crippen LogP contribution in [0.25, 0.3) is 10.9 Å². The molecule has 1 aromatic carbocycles. The third-order valence-electron chi connectivity index (χ3n) is 4.81. The molecular weight excluding hydrogens is 324 g/mol. The number of rotatable bonds is 3. The Morgan fingerprint density at radius 3 is 2.65 bits per heavy atom. The first-order valence-electron chi connectivity index (χ1n) is 8.70. The number of anilines is 2. The Bertz CT molecular complexity index is 969. The summed E-state index contributed by atoms with van der Waals surface area (Å²) in [6, 6.07) is 14.2. The molecule has 0 spiro atoms. The number of piperazine rings is 1. The van der Waals surface area contributed by atoms with Crippen molar-refractivity contribution in [3.63, 3.8) is 0 Å². The Morgan fingerprint density at radius 1 is 1.08 bits per heavy atom. The van der Waals surface area contributed by atoms with Gasteiger partial charge in [-0.05, 0) is 23.8 Å². The summed E-state index contributed by atoms with van der Waals surface area (Å²) in [6.07, 6.45) is 3.44. The van der Waals surface area contributed by atoms with Gasteiger partial charge in [0.1, 0.15) is 11.9 Å². The highest BCUT2D eigenvalue weighted by molar-refractivity contribution is 5.94. The van der Waals surface area contributed by atoms with Crippen LogP contribution in [0.2, 0.25) is 0 Å². The number of nitrogens with two attached hydrogens (primary N) is 1. The fraction of sp³-hybridized carbons (Fsp3) is 0.250. The SMILES string of the molecule is N#Cc1cnc2ccccc2c1N1CCN(Cc2ccnc(N)c2)CC1. The first-order valence-corrected chi connectivity index (χ1v) is 8.70. The maximum absolute atomic E-state index is 9.54. The molecule has 1 aliphatic rings. The third kappa shape index (κ3) is 3.17. The molecule has 0 amide bonds. The van der Waals surface area contributed by atoms with Crippen molar-refractivity contribution >= 4 is 22.4 Å². The zero-order chi connectivity index (χ0) is 17.9. The zero-order valence-corrected chi connectivity index (χ0v) is 14.5. The monoisotopic (exact) mass is 344 g/mol. The van der Waals surface area contributed by atoms with Crippen LogP contribution >= 0.6 is 0 Å². The number of para-hydroxylation sites is 1. The van der Waals surface area contributed by atoms with Crippen LogP contribution in [0.4, 0.5) is 11.5 Å². The highest BCUT2D eigenvalue weighted by Gasteiger charge is 2.21. The molecular formula is C20H20N6. The van der Waals surface area contributed by atoms with E-state index in [2.05, 4.69) is 25.8 Å². The zero-order valence-electron chi connectivity index (χ0n) is 14.5. The molecule has 2 N–H and O–H groups in total. The van der Waals surface area contributed by atoms with Crippen molar-refractivity contribution in [1.82, 2.24) is 14.9 Å². The van der Waals surface area contributed by atoms with Gasteiger partial charge in [0.25, 0.3) is 0 Å². The number of pyridine rings is 2. The molecule has 4 rings (SSSR count). The lowest BCUT2D eigenvalue weighted by molar-refractivity contribution is 0.250. The van der Waals surface area contributed by atoms with Gasteiger partial charge in [-0.1, -0.05) is 18.2 Å². The maximum atomic E-state index is 9.54. The minimum Gasteiger partial charge on any atom is -0.384 e. The third-order valence-corrected chi connectivity index (χ3v) is 4.81. The van der Waals surface area contributed by atoms with Gasteiger partial charge in [0.2, 0.25) is 0 Å². The van der Waals surface area contributed by atoms with E-state index >= 15 is 0 Å². The minimum atomic E-state index is 0.558. The molecule has 3 heterocycles. The van der Waals surface area contributed by atoms with Crippen LogP contribution in [-0.2, 0) is 6.54 Å². The summed E-state index contributed by atoms with van der Waals surface area (Å²) in [5, 5.41) is 10.6. The molecule has 3 aromatic rings. The first kappa shape index (κ1) is 16.3. The molecule has 1 fully saturated rings. The van der Waals surface area contributed by atoms with Gasteiger partial charge in [0, 0.05) is 50.5 Å². The summed E-state index contributed by atoms with van der Waals surface area (Å²) >= 11 is 0. The van der Waals surface area contributed by atoms with E-state index < -0.39 is 0 Å². The average Bonchev–Trinajstić information content (AvgIpc) is 2.68. The van der Waals surface area contributed by atoms with Crippen LogP contribution in [0.3, 0.4) is 0 Å². The van der Waals surface area contributed by atoms with Gasteiger partial charge in [-0.2, -0.15) is 5.26 Å². The molecule has 6 nitrogen and oxygen atoms in total. The van der Waals surface area contributed by atoms with Gasteiger partial charge < -0.3 is 10.6 Å². The molecule has 0 aliphatic carbocycles. The van der Waals surface area contributed by atoms with Gasteiger partial charge in [0.05, 0.1) is 16.8 Å². The Balaban J connectivity index is 1.53. The number of nitrogens with zero attached hydrogens (tertiary/aromatic N) is 5. The number of hydrogen-bond acceptors (Lipinski definition) is 6. The van der Waals surface area contributed by atoms with Crippen LogP contribution in [-0.4, -0.2) is 41.0 Å². The Morgan fingerprint density at radius 2 is 1.88 bits per heavy atom. The summed E-state index contributed by atoms with van der Waals surface area (Å²) in [6.45, 7) is 4.49. The van der Waals surface area contributed by atoms with Crippen molar-refractivity contribution in [2.75, 3.05) is 36.8 Å². The van der Waals surface area contributed by atoms with E-state index in [4.69, 9.17) is 5.73 Å². The number of nitriles is 1. The topological polar surface area (TPSA) is 82.1 Å². The van der Waals surface area contributed by atoms with E-state index in [1.165, 1.54) is 5.56 Å². The molecule has 2 aromatic heterocycles. The second kappa shape index (κ2) is 6.98. The van der Waals surface area contributed by atoms with Gasteiger partial charge in [0.15, 0.2) is 0 Å². The van der Waals surface area contributed by atoms with Crippen LogP contribution in [0.15, 0.2) is 48.8 Å². The molecule has 130 valence electrons. The van der Waals surface area contributed by atoms with E-state index in [-0.39, 0.29) is 0 Å². The minimum absolute atomic E-state index is 0.558. The highest BCUT2D eigenvalue weighted by atomic mass is 15.3. The van der Waals surface area contributed by atoms with E-state index in [1.54, 1.807) is 12.4 Å². The fourth-order valence-electron chi connectivity index (χ4n) is 3.53. The summed E-state index contributed by atoms with van der Waals surface area (Å²) < 4.78 is 0. The van der Waals surface area contributed by atoms with Gasteiger partial charge in [-0.25, -0.2) is 4.98 Å². The van der Waals surface area contributed by atoms with Crippen LogP contribution < -0.4 is 10.6 Å². The Kier molecular flexibility index (Phi) is 4.38. The van der Waals surface area contributed by atoms with Gasteiger partial charge >= 0.3 is 0 Å². The average molecular weight is 344 g/mol. The lowest BCUT2D eigenvalue weighted by atomic mass is 10.1. The first-order chi connectivity index (χ1) is 12.7. The second-order valence-electron chi connectivity index (χ2n) is 6.50. The Labute approximate surface area is 152 Å². The summed E-state index contributed by atoms with van der Waals surface area (Å²) in [5.74, 6) is 0.558. The molecule has 1 aliphatic heterocycles. The maximum Gasteiger partial charge on any atom is 0.123 e. The molecule has 0 atom stereocenters.